The average molecular weight is 684 g/mol. The Bertz CT molecular complexity index is 1960. The maximum atomic E-state index is 15.6. The number of aromatic nitrogens is 4. The standard InChI is InChI=1S/C32H30Cl3FN8O2/c1-6-22(45)42-7-9-43(10-8-42)29-17-11-21(35)28(23-24(36)19(33)12-20(34)25(23)38)41-31(17)44(32(46)18(29)13-37)30-26(15(2)3)39-14-40-27(30)16(4)5/h6,11-12,14-16H,1,7-10,38H2,2-5H3. The monoisotopic (exact) mass is 682 g/mol. The number of carbonyl (C=O) groups excluding carboxylic acids is 1. The summed E-state index contributed by atoms with van der Waals surface area (Å²) >= 11 is 19.3. The molecule has 2 N–H and O–H groups in total. The summed E-state index contributed by atoms with van der Waals surface area (Å²) in [5, 5.41) is 10.5. The average Bonchev–Trinajstić information content (AvgIpc) is 3.03. The zero-order valence-electron chi connectivity index (χ0n) is 25.5. The minimum Gasteiger partial charge on any atom is -0.397 e. The third-order valence-electron chi connectivity index (χ3n) is 7.91. The lowest BCUT2D eigenvalue weighted by molar-refractivity contribution is -0.126. The largest absolute Gasteiger partial charge is 0.397 e. The third-order valence-corrected chi connectivity index (χ3v) is 8.79. The Morgan fingerprint density at radius 3 is 2.17 bits per heavy atom. The first-order valence-corrected chi connectivity index (χ1v) is 15.6. The van der Waals surface area contributed by atoms with E-state index in [1.54, 1.807) is 4.90 Å². The molecule has 0 bridgehead atoms. The number of fused-ring (bicyclic) bond motifs is 1. The Morgan fingerprint density at radius 1 is 1.02 bits per heavy atom. The van der Waals surface area contributed by atoms with Gasteiger partial charge in [0.2, 0.25) is 5.91 Å². The van der Waals surface area contributed by atoms with Crippen molar-refractivity contribution in [3.63, 3.8) is 0 Å². The number of piperazine rings is 1. The van der Waals surface area contributed by atoms with Gasteiger partial charge in [0.1, 0.15) is 23.6 Å². The molecule has 1 saturated heterocycles. The molecule has 1 fully saturated rings. The van der Waals surface area contributed by atoms with Crippen LogP contribution in [0.5, 0.6) is 0 Å². The lowest BCUT2D eigenvalue weighted by atomic mass is 10.00. The van der Waals surface area contributed by atoms with Gasteiger partial charge in [0.05, 0.1) is 54.8 Å². The summed E-state index contributed by atoms with van der Waals surface area (Å²) in [5.74, 6) is -1.44. The van der Waals surface area contributed by atoms with Gasteiger partial charge >= 0.3 is 0 Å². The van der Waals surface area contributed by atoms with Crippen LogP contribution in [-0.2, 0) is 4.79 Å². The highest BCUT2D eigenvalue weighted by molar-refractivity contribution is 6.38. The van der Waals surface area contributed by atoms with Gasteiger partial charge in [-0.1, -0.05) is 69.1 Å². The molecule has 1 amide bonds. The molecule has 0 spiro atoms. The molecule has 238 valence electrons. The number of nitrogen functional groups attached to an aromatic ring is 1. The van der Waals surface area contributed by atoms with Crippen molar-refractivity contribution in [3.8, 4) is 23.0 Å². The molecule has 1 aliphatic heterocycles. The van der Waals surface area contributed by atoms with E-state index in [4.69, 9.17) is 45.5 Å². The van der Waals surface area contributed by atoms with Crippen molar-refractivity contribution in [1.82, 2.24) is 24.4 Å². The van der Waals surface area contributed by atoms with Crippen LogP contribution in [0.3, 0.4) is 0 Å². The summed E-state index contributed by atoms with van der Waals surface area (Å²) in [7, 11) is 0. The second kappa shape index (κ2) is 12.9. The molecule has 0 aliphatic carbocycles. The van der Waals surface area contributed by atoms with Gasteiger partial charge in [-0.2, -0.15) is 5.26 Å². The highest BCUT2D eigenvalue weighted by Crippen LogP contribution is 2.43. The van der Waals surface area contributed by atoms with Crippen LogP contribution >= 0.6 is 34.8 Å². The zero-order chi connectivity index (χ0) is 33.6. The maximum absolute atomic E-state index is 15.6. The summed E-state index contributed by atoms with van der Waals surface area (Å²) in [4.78, 5) is 44.2. The number of anilines is 2. The van der Waals surface area contributed by atoms with Gasteiger partial charge in [-0.3, -0.25) is 14.2 Å². The third kappa shape index (κ3) is 5.55. The van der Waals surface area contributed by atoms with Crippen molar-refractivity contribution >= 4 is 63.1 Å². The minimum atomic E-state index is -0.892. The molecule has 5 rings (SSSR count). The van der Waals surface area contributed by atoms with Crippen LogP contribution in [0, 0.1) is 17.1 Å². The van der Waals surface area contributed by atoms with Crippen molar-refractivity contribution in [2.24, 2.45) is 0 Å². The van der Waals surface area contributed by atoms with Gasteiger partial charge in [-0.25, -0.2) is 19.3 Å². The van der Waals surface area contributed by atoms with E-state index in [1.807, 2.05) is 32.6 Å². The number of nitriles is 1. The fraction of sp³-hybridized carbons (Fsp3) is 0.312. The van der Waals surface area contributed by atoms with Crippen molar-refractivity contribution in [2.75, 3.05) is 36.8 Å². The second-order valence-electron chi connectivity index (χ2n) is 11.4. The van der Waals surface area contributed by atoms with Gasteiger partial charge in [0.25, 0.3) is 5.56 Å². The highest BCUT2D eigenvalue weighted by atomic mass is 35.5. The predicted octanol–water partition coefficient (Wildman–Crippen LogP) is 6.48. The van der Waals surface area contributed by atoms with E-state index in [0.29, 0.717) is 48.6 Å². The Morgan fingerprint density at radius 2 is 1.63 bits per heavy atom. The van der Waals surface area contributed by atoms with E-state index < -0.39 is 11.4 Å². The van der Waals surface area contributed by atoms with Crippen molar-refractivity contribution in [1.29, 1.82) is 5.26 Å². The minimum absolute atomic E-state index is 0.00939. The smallest absolute Gasteiger partial charge is 0.276 e. The number of hydrogen-bond donors (Lipinski definition) is 1. The van der Waals surface area contributed by atoms with Crippen molar-refractivity contribution < 1.29 is 9.18 Å². The van der Waals surface area contributed by atoms with Gasteiger partial charge in [-0.15, -0.1) is 0 Å². The molecule has 1 aliphatic rings. The number of nitrogens with zero attached hydrogens (tertiary/aromatic N) is 7. The van der Waals surface area contributed by atoms with E-state index in [1.165, 1.54) is 29.1 Å². The fourth-order valence-corrected chi connectivity index (χ4v) is 6.39. The topological polar surface area (TPSA) is 134 Å². The van der Waals surface area contributed by atoms with Gasteiger partial charge in [0.15, 0.2) is 5.82 Å². The summed E-state index contributed by atoms with van der Waals surface area (Å²) < 4.78 is 16.9. The molecular formula is C32H30Cl3FN8O2. The van der Waals surface area contributed by atoms with E-state index in [-0.39, 0.29) is 66.7 Å². The molecule has 0 saturated carbocycles. The number of pyridine rings is 2. The highest BCUT2D eigenvalue weighted by Gasteiger charge is 2.31. The van der Waals surface area contributed by atoms with Gasteiger partial charge in [0, 0.05) is 31.6 Å². The Balaban J connectivity index is 1.95. The normalized spacial score (nSPS) is 13.5. The zero-order valence-corrected chi connectivity index (χ0v) is 27.8. The Kier molecular flexibility index (Phi) is 9.27. The number of halogens is 4. The van der Waals surface area contributed by atoms with Crippen LogP contribution in [0.25, 0.3) is 28.0 Å². The molecule has 0 atom stereocenters. The first-order valence-electron chi connectivity index (χ1n) is 14.5. The van der Waals surface area contributed by atoms with Gasteiger partial charge in [-0.05, 0) is 30.0 Å². The molecule has 0 unspecified atom stereocenters. The van der Waals surface area contributed by atoms with E-state index >= 15 is 4.39 Å². The molecule has 3 aromatic heterocycles. The Hall–Kier alpha value is -4.24. The maximum Gasteiger partial charge on any atom is 0.276 e. The number of carbonyl (C=O) groups is 1. The summed E-state index contributed by atoms with van der Waals surface area (Å²) in [6, 6.07) is 4.81. The number of amides is 1. The van der Waals surface area contributed by atoms with Crippen LogP contribution in [0.4, 0.5) is 15.8 Å². The van der Waals surface area contributed by atoms with Crippen LogP contribution in [-0.4, -0.2) is 56.5 Å². The number of benzene rings is 1. The number of rotatable bonds is 6. The molecule has 4 heterocycles. The van der Waals surface area contributed by atoms with E-state index in [9.17, 15) is 14.9 Å². The fourth-order valence-electron chi connectivity index (χ4n) is 5.68. The molecular weight excluding hydrogens is 654 g/mol. The van der Waals surface area contributed by atoms with Crippen LogP contribution in [0.15, 0.2) is 35.9 Å². The SMILES string of the molecule is C=CC(=O)N1CCN(c2c(C#N)c(=O)n(-c3c(C(C)C)ncnc3C(C)C)c3nc(-c4c(N)c(Cl)cc(Cl)c4F)c(Cl)cc23)CC1. The number of nitrogens with two attached hydrogens (primary N) is 1. The van der Waals surface area contributed by atoms with E-state index in [2.05, 4.69) is 22.6 Å². The van der Waals surface area contributed by atoms with Crippen LogP contribution in [0.1, 0.15) is 56.5 Å². The predicted molar refractivity (Wildman–Crippen MR) is 180 cm³/mol. The van der Waals surface area contributed by atoms with Crippen LogP contribution < -0.4 is 16.2 Å². The molecule has 46 heavy (non-hydrogen) atoms. The lowest BCUT2D eigenvalue weighted by Gasteiger charge is -2.36. The summed E-state index contributed by atoms with van der Waals surface area (Å²) in [6.07, 6.45) is 2.68. The molecule has 0 radical (unpaired) electrons. The molecule has 14 heteroatoms. The lowest BCUT2D eigenvalue weighted by Crippen LogP contribution is -2.49. The molecule has 10 nitrogen and oxygen atoms in total. The summed E-state index contributed by atoms with van der Waals surface area (Å²) in [6.45, 7) is 12.5. The Labute approximate surface area is 279 Å². The van der Waals surface area contributed by atoms with Crippen molar-refractivity contribution in [2.45, 2.75) is 39.5 Å². The second-order valence-corrected chi connectivity index (χ2v) is 12.6. The first kappa shape index (κ1) is 33.1. The molecule has 1 aromatic carbocycles. The van der Waals surface area contributed by atoms with Crippen molar-refractivity contribution in [3.05, 3.63) is 79.3 Å². The van der Waals surface area contributed by atoms with E-state index in [0.717, 1.165) is 0 Å². The molecule has 4 aromatic rings. The van der Waals surface area contributed by atoms with Crippen LogP contribution in [0.2, 0.25) is 15.1 Å². The van der Waals surface area contributed by atoms with Gasteiger partial charge < -0.3 is 15.5 Å². The first-order chi connectivity index (χ1) is 21.8. The number of hydrogen-bond acceptors (Lipinski definition) is 8. The summed E-state index contributed by atoms with van der Waals surface area (Å²) in [5.41, 5.74) is 6.74. The quantitative estimate of drug-likeness (QED) is 0.139.